The van der Waals surface area contributed by atoms with E-state index in [-0.39, 0.29) is 36.1 Å². The molecular formula is C21H22F4IN5. The zero-order valence-electron chi connectivity index (χ0n) is 16.7. The standard InChI is InChI=1S/C21H21F4N5.HI/c1-26-20(28-13-16-7-8-18(22)11-19(16)21(23,24)25)27-12-15-5-2-3-6-17(15)14-30-10-4-9-29-30;/h2-11H,12-14H2,1H3,(H2,26,27,28);1H. The number of nitrogens with zero attached hydrogens (tertiary/aromatic N) is 3. The Hall–Kier alpha value is -2.63. The molecule has 0 saturated carbocycles. The maximum Gasteiger partial charge on any atom is 0.416 e. The topological polar surface area (TPSA) is 54.2 Å². The van der Waals surface area contributed by atoms with Gasteiger partial charge in [-0.05, 0) is 34.9 Å². The molecule has 3 aromatic rings. The van der Waals surface area contributed by atoms with Gasteiger partial charge < -0.3 is 10.6 Å². The van der Waals surface area contributed by atoms with Crippen LogP contribution in [0.1, 0.15) is 22.3 Å². The van der Waals surface area contributed by atoms with Crippen molar-refractivity contribution in [2.75, 3.05) is 7.05 Å². The molecule has 166 valence electrons. The van der Waals surface area contributed by atoms with Crippen LogP contribution in [-0.2, 0) is 25.8 Å². The molecule has 2 N–H and O–H groups in total. The first-order valence-corrected chi connectivity index (χ1v) is 9.21. The Morgan fingerprint density at radius 2 is 1.68 bits per heavy atom. The molecule has 0 atom stereocenters. The third-order valence-corrected chi connectivity index (χ3v) is 4.50. The summed E-state index contributed by atoms with van der Waals surface area (Å²) in [6, 6.07) is 12.3. The van der Waals surface area contributed by atoms with E-state index < -0.39 is 17.6 Å². The number of benzene rings is 2. The van der Waals surface area contributed by atoms with Gasteiger partial charge in [-0.15, -0.1) is 24.0 Å². The SMILES string of the molecule is CN=C(NCc1ccccc1Cn1cccn1)NCc1ccc(F)cc1C(F)(F)F.I. The minimum absolute atomic E-state index is 0. The maximum absolute atomic E-state index is 13.3. The molecule has 0 bridgehead atoms. The van der Waals surface area contributed by atoms with Crippen LogP contribution in [0.4, 0.5) is 17.6 Å². The summed E-state index contributed by atoms with van der Waals surface area (Å²) in [5, 5.41) is 10.2. The van der Waals surface area contributed by atoms with E-state index in [0.717, 1.165) is 23.3 Å². The number of alkyl halides is 3. The number of hydrogen-bond donors (Lipinski definition) is 2. The fourth-order valence-corrected chi connectivity index (χ4v) is 3.00. The molecule has 1 heterocycles. The van der Waals surface area contributed by atoms with Crippen molar-refractivity contribution in [1.82, 2.24) is 20.4 Å². The molecule has 0 radical (unpaired) electrons. The highest BCUT2D eigenvalue weighted by Crippen LogP contribution is 2.32. The van der Waals surface area contributed by atoms with Crippen LogP contribution in [0.3, 0.4) is 0 Å². The lowest BCUT2D eigenvalue weighted by molar-refractivity contribution is -0.138. The molecule has 0 spiro atoms. The highest BCUT2D eigenvalue weighted by molar-refractivity contribution is 14.0. The summed E-state index contributed by atoms with van der Waals surface area (Å²) in [6.07, 6.45) is -1.07. The quantitative estimate of drug-likeness (QED) is 0.206. The average molecular weight is 547 g/mol. The molecule has 0 fully saturated rings. The van der Waals surface area contributed by atoms with Gasteiger partial charge in [-0.1, -0.05) is 30.3 Å². The van der Waals surface area contributed by atoms with Gasteiger partial charge in [0.2, 0.25) is 0 Å². The fraction of sp³-hybridized carbons (Fsp3) is 0.238. The van der Waals surface area contributed by atoms with Gasteiger partial charge in [0.05, 0.1) is 12.1 Å². The van der Waals surface area contributed by atoms with E-state index >= 15 is 0 Å². The first-order valence-electron chi connectivity index (χ1n) is 9.21. The van der Waals surface area contributed by atoms with E-state index in [4.69, 9.17) is 0 Å². The van der Waals surface area contributed by atoms with Crippen molar-refractivity contribution in [3.8, 4) is 0 Å². The fourth-order valence-electron chi connectivity index (χ4n) is 3.00. The molecule has 5 nitrogen and oxygen atoms in total. The van der Waals surface area contributed by atoms with Crippen molar-refractivity contribution in [2.24, 2.45) is 4.99 Å². The van der Waals surface area contributed by atoms with E-state index in [0.29, 0.717) is 25.1 Å². The second kappa shape index (κ2) is 11.1. The smallest absolute Gasteiger partial charge is 0.352 e. The Labute approximate surface area is 194 Å². The molecule has 0 aliphatic rings. The van der Waals surface area contributed by atoms with Crippen molar-refractivity contribution < 1.29 is 17.6 Å². The molecule has 0 aliphatic heterocycles. The highest BCUT2D eigenvalue weighted by atomic mass is 127. The summed E-state index contributed by atoms with van der Waals surface area (Å²) < 4.78 is 54.5. The average Bonchev–Trinajstić information content (AvgIpc) is 3.22. The van der Waals surface area contributed by atoms with Crippen LogP contribution in [0.15, 0.2) is 65.9 Å². The molecule has 1 aromatic heterocycles. The number of nitrogens with one attached hydrogen (secondary N) is 2. The van der Waals surface area contributed by atoms with E-state index in [1.807, 2.05) is 36.5 Å². The third-order valence-electron chi connectivity index (χ3n) is 4.50. The van der Waals surface area contributed by atoms with E-state index in [9.17, 15) is 17.6 Å². The van der Waals surface area contributed by atoms with Crippen molar-refractivity contribution >= 4 is 29.9 Å². The number of aliphatic imine (C=N–C) groups is 1. The van der Waals surface area contributed by atoms with Gasteiger partial charge in [-0.25, -0.2) is 4.39 Å². The predicted octanol–water partition coefficient (Wildman–Crippen LogP) is 4.57. The van der Waals surface area contributed by atoms with Gasteiger partial charge >= 0.3 is 6.18 Å². The van der Waals surface area contributed by atoms with Crippen molar-refractivity contribution in [3.05, 3.63) is 89.0 Å². The number of guanidine groups is 1. The molecule has 3 rings (SSSR count). The third kappa shape index (κ3) is 6.94. The van der Waals surface area contributed by atoms with E-state index in [2.05, 4.69) is 20.7 Å². The van der Waals surface area contributed by atoms with Crippen molar-refractivity contribution in [3.63, 3.8) is 0 Å². The predicted molar refractivity (Wildman–Crippen MR) is 122 cm³/mol. The van der Waals surface area contributed by atoms with Gasteiger partial charge in [-0.3, -0.25) is 9.67 Å². The molecule has 0 amide bonds. The summed E-state index contributed by atoms with van der Waals surface area (Å²) in [5.74, 6) is -0.594. The number of aromatic nitrogens is 2. The molecule has 0 aliphatic carbocycles. The first-order chi connectivity index (χ1) is 14.4. The van der Waals surface area contributed by atoms with Crippen LogP contribution in [0.2, 0.25) is 0 Å². The monoisotopic (exact) mass is 547 g/mol. The molecule has 0 unspecified atom stereocenters. The summed E-state index contributed by atoms with van der Waals surface area (Å²) in [4.78, 5) is 4.05. The molecular weight excluding hydrogens is 525 g/mol. The van der Waals surface area contributed by atoms with Crippen molar-refractivity contribution in [1.29, 1.82) is 0 Å². The number of rotatable bonds is 6. The lowest BCUT2D eigenvalue weighted by atomic mass is 10.1. The van der Waals surface area contributed by atoms with Crippen LogP contribution in [0.25, 0.3) is 0 Å². The van der Waals surface area contributed by atoms with Gasteiger partial charge in [0, 0.05) is 32.5 Å². The minimum atomic E-state index is -4.64. The second-order valence-corrected chi connectivity index (χ2v) is 6.55. The van der Waals surface area contributed by atoms with Crippen LogP contribution in [-0.4, -0.2) is 22.8 Å². The molecule has 31 heavy (non-hydrogen) atoms. The maximum atomic E-state index is 13.3. The van der Waals surface area contributed by atoms with Crippen molar-refractivity contribution in [2.45, 2.75) is 25.8 Å². The Kier molecular flexibility index (Phi) is 8.84. The summed E-state index contributed by atoms with van der Waals surface area (Å²) >= 11 is 0. The Bertz CT molecular complexity index is 1000. The van der Waals surface area contributed by atoms with Crippen LogP contribution in [0.5, 0.6) is 0 Å². The van der Waals surface area contributed by atoms with Gasteiger partial charge in [-0.2, -0.15) is 18.3 Å². The zero-order chi connectivity index (χ0) is 21.6. The van der Waals surface area contributed by atoms with Gasteiger partial charge in [0.1, 0.15) is 5.82 Å². The summed E-state index contributed by atoms with van der Waals surface area (Å²) in [5.41, 5.74) is 0.997. The lowest BCUT2D eigenvalue weighted by Gasteiger charge is -2.17. The largest absolute Gasteiger partial charge is 0.416 e. The van der Waals surface area contributed by atoms with E-state index in [1.54, 1.807) is 10.9 Å². The van der Waals surface area contributed by atoms with Crippen LogP contribution in [0, 0.1) is 5.82 Å². The second-order valence-electron chi connectivity index (χ2n) is 6.55. The van der Waals surface area contributed by atoms with E-state index in [1.165, 1.54) is 7.05 Å². The summed E-state index contributed by atoms with van der Waals surface area (Å²) in [6.45, 7) is 0.873. The lowest BCUT2D eigenvalue weighted by Crippen LogP contribution is -2.37. The molecule has 0 saturated heterocycles. The van der Waals surface area contributed by atoms with Crippen LogP contribution < -0.4 is 10.6 Å². The summed E-state index contributed by atoms with van der Waals surface area (Å²) in [7, 11) is 1.53. The number of halogens is 5. The zero-order valence-corrected chi connectivity index (χ0v) is 19.0. The Morgan fingerprint density at radius 3 is 2.29 bits per heavy atom. The Morgan fingerprint density at radius 1 is 1.00 bits per heavy atom. The van der Waals surface area contributed by atoms with Gasteiger partial charge in [0.15, 0.2) is 5.96 Å². The van der Waals surface area contributed by atoms with Gasteiger partial charge in [0.25, 0.3) is 0 Å². The number of hydrogen-bond acceptors (Lipinski definition) is 2. The Balaban J connectivity index is 0.00000341. The first kappa shape index (κ1) is 24.6. The minimum Gasteiger partial charge on any atom is -0.352 e. The normalized spacial score (nSPS) is 11.7. The highest BCUT2D eigenvalue weighted by Gasteiger charge is 2.33. The molecule has 10 heteroatoms. The van der Waals surface area contributed by atoms with Crippen LogP contribution >= 0.6 is 24.0 Å². The molecule has 2 aromatic carbocycles.